The van der Waals surface area contributed by atoms with E-state index < -0.39 is 6.09 Å². The van der Waals surface area contributed by atoms with Crippen molar-refractivity contribution in [1.29, 1.82) is 0 Å². The van der Waals surface area contributed by atoms with Gasteiger partial charge in [-0.3, -0.25) is 0 Å². The molecule has 0 spiro atoms. The summed E-state index contributed by atoms with van der Waals surface area (Å²) < 4.78 is 0. The van der Waals surface area contributed by atoms with Crippen LogP contribution in [0.1, 0.15) is 6.92 Å². The van der Waals surface area contributed by atoms with E-state index in [4.69, 9.17) is 5.11 Å². The van der Waals surface area contributed by atoms with Crippen LogP contribution >= 0.6 is 0 Å². The Morgan fingerprint density at radius 1 is 1.53 bits per heavy atom. The zero-order valence-corrected chi connectivity index (χ0v) is 8.60. The third-order valence-electron chi connectivity index (χ3n) is 1.90. The Hall–Kier alpha value is -1.78. The van der Waals surface area contributed by atoms with Gasteiger partial charge >= 0.3 is 6.09 Å². The van der Waals surface area contributed by atoms with Crippen LogP contribution in [-0.2, 0) is 0 Å². The molecule has 0 aliphatic rings. The molecule has 0 aliphatic carbocycles. The van der Waals surface area contributed by atoms with E-state index in [1.165, 1.54) is 0 Å². The van der Waals surface area contributed by atoms with E-state index in [2.05, 4.69) is 15.6 Å². The molecule has 5 heteroatoms. The fourth-order valence-corrected chi connectivity index (χ4v) is 1.08. The summed E-state index contributed by atoms with van der Waals surface area (Å²) in [4.78, 5) is 14.3. The maximum atomic E-state index is 10.2. The lowest BCUT2D eigenvalue weighted by Gasteiger charge is -2.12. The summed E-state index contributed by atoms with van der Waals surface area (Å²) >= 11 is 0. The molecule has 5 nitrogen and oxygen atoms in total. The highest BCUT2D eigenvalue weighted by molar-refractivity contribution is 5.64. The van der Waals surface area contributed by atoms with Crippen molar-refractivity contribution < 1.29 is 9.90 Å². The van der Waals surface area contributed by atoms with Gasteiger partial charge in [-0.05, 0) is 18.1 Å². The molecule has 0 aliphatic heterocycles. The predicted octanol–water partition coefficient (Wildman–Crippen LogP) is 1.40. The van der Waals surface area contributed by atoms with Gasteiger partial charge in [0.2, 0.25) is 0 Å². The van der Waals surface area contributed by atoms with E-state index in [0.717, 1.165) is 5.82 Å². The lowest BCUT2D eigenvalue weighted by atomic mass is 10.2. The zero-order chi connectivity index (χ0) is 11.1. The highest BCUT2D eigenvalue weighted by Gasteiger charge is 2.03. The Labute approximate surface area is 88.5 Å². The highest BCUT2D eigenvalue weighted by Crippen LogP contribution is 2.01. The van der Waals surface area contributed by atoms with Crippen molar-refractivity contribution in [1.82, 2.24) is 10.3 Å². The number of carboxylic acid groups (broad SMARTS) is 1. The van der Waals surface area contributed by atoms with Crippen molar-refractivity contribution >= 4 is 11.9 Å². The maximum Gasteiger partial charge on any atom is 0.404 e. The summed E-state index contributed by atoms with van der Waals surface area (Å²) in [6.45, 7) is 3.10. The predicted molar refractivity (Wildman–Crippen MR) is 57.9 cm³/mol. The molecule has 1 aromatic heterocycles. The molecule has 82 valence electrons. The van der Waals surface area contributed by atoms with Crippen molar-refractivity contribution in [3.05, 3.63) is 24.4 Å². The molecule has 15 heavy (non-hydrogen) atoms. The highest BCUT2D eigenvalue weighted by atomic mass is 16.4. The minimum atomic E-state index is -0.986. The molecule has 1 unspecified atom stereocenters. The number of pyridine rings is 1. The van der Waals surface area contributed by atoms with E-state index in [0.29, 0.717) is 13.1 Å². The number of hydrogen-bond acceptors (Lipinski definition) is 3. The van der Waals surface area contributed by atoms with Crippen LogP contribution < -0.4 is 10.6 Å². The lowest BCUT2D eigenvalue weighted by molar-refractivity contribution is 0.193. The average Bonchev–Trinajstić information content (AvgIpc) is 2.25. The fraction of sp³-hybridized carbons (Fsp3) is 0.400. The number of anilines is 1. The molecule has 0 fully saturated rings. The lowest BCUT2D eigenvalue weighted by Crippen LogP contribution is -2.29. The van der Waals surface area contributed by atoms with Crippen LogP contribution in [0.2, 0.25) is 0 Å². The molecule has 1 amide bonds. The Kier molecular flexibility index (Phi) is 4.40. The standard InChI is InChI=1S/C10H15N3O2/c1-8(7-13-10(14)15)6-12-9-4-2-3-5-11-9/h2-5,8,13H,6-7H2,1H3,(H,11,12)(H,14,15). The normalized spacial score (nSPS) is 11.8. The second-order valence-electron chi connectivity index (χ2n) is 3.39. The number of amides is 1. The summed E-state index contributed by atoms with van der Waals surface area (Å²) in [7, 11) is 0. The van der Waals surface area contributed by atoms with Crippen LogP contribution in [0, 0.1) is 5.92 Å². The van der Waals surface area contributed by atoms with Gasteiger partial charge in [-0.25, -0.2) is 9.78 Å². The first-order valence-electron chi connectivity index (χ1n) is 4.80. The number of aromatic nitrogens is 1. The summed E-state index contributed by atoms with van der Waals surface area (Å²) in [6.07, 6.45) is 0.724. The molecule has 0 bridgehead atoms. The summed E-state index contributed by atoms with van der Waals surface area (Å²) in [5.74, 6) is 1.03. The molecule has 1 heterocycles. The Morgan fingerprint density at radius 2 is 2.33 bits per heavy atom. The topological polar surface area (TPSA) is 74.2 Å². The summed E-state index contributed by atoms with van der Waals surface area (Å²) in [5.41, 5.74) is 0. The van der Waals surface area contributed by atoms with Crippen LogP contribution in [0.3, 0.4) is 0 Å². The van der Waals surface area contributed by atoms with Crippen molar-refractivity contribution in [3.8, 4) is 0 Å². The van der Waals surface area contributed by atoms with Crippen LogP contribution in [0.15, 0.2) is 24.4 Å². The molecule has 0 saturated heterocycles. The molecule has 0 aromatic carbocycles. The molecule has 0 radical (unpaired) electrons. The Balaban J connectivity index is 2.22. The Morgan fingerprint density at radius 3 is 2.93 bits per heavy atom. The van der Waals surface area contributed by atoms with Crippen molar-refractivity contribution in [2.24, 2.45) is 5.92 Å². The van der Waals surface area contributed by atoms with Gasteiger partial charge < -0.3 is 15.7 Å². The zero-order valence-electron chi connectivity index (χ0n) is 8.60. The molecule has 0 saturated carbocycles. The summed E-state index contributed by atoms with van der Waals surface area (Å²) in [5, 5.41) is 13.9. The van der Waals surface area contributed by atoms with Crippen molar-refractivity contribution in [2.75, 3.05) is 18.4 Å². The number of nitrogens with one attached hydrogen (secondary N) is 2. The number of nitrogens with zero attached hydrogens (tertiary/aromatic N) is 1. The molecule has 1 rings (SSSR count). The number of hydrogen-bond donors (Lipinski definition) is 3. The van der Waals surface area contributed by atoms with Gasteiger partial charge in [0.25, 0.3) is 0 Å². The van der Waals surface area contributed by atoms with E-state index in [1.54, 1.807) is 6.20 Å². The average molecular weight is 209 g/mol. The Bertz CT molecular complexity index is 303. The molecular formula is C10H15N3O2. The second kappa shape index (κ2) is 5.85. The third kappa shape index (κ3) is 4.85. The summed E-state index contributed by atoms with van der Waals surface area (Å²) in [6, 6.07) is 5.62. The first-order valence-corrected chi connectivity index (χ1v) is 4.80. The molecular weight excluding hydrogens is 194 g/mol. The van der Waals surface area contributed by atoms with Gasteiger partial charge in [0.05, 0.1) is 0 Å². The maximum absolute atomic E-state index is 10.2. The van der Waals surface area contributed by atoms with Gasteiger partial charge in [0, 0.05) is 19.3 Å². The first kappa shape index (κ1) is 11.3. The van der Waals surface area contributed by atoms with E-state index in [-0.39, 0.29) is 5.92 Å². The molecule has 3 N–H and O–H groups in total. The van der Waals surface area contributed by atoms with Gasteiger partial charge in [-0.1, -0.05) is 13.0 Å². The number of rotatable bonds is 5. The monoisotopic (exact) mass is 209 g/mol. The van der Waals surface area contributed by atoms with Crippen LogP contribution in [0.4, 0.5) is 10.6 Å². The van der Waals surface area contributed by atoms with Gasteiger partial charge in [0.1, 0.15) is 5.82 Å². The van der Waals surface area contributed by atoms with Gasteiger partial charge in [0.15, 0.2) is 0 Å². The minimum Gasteiger partial charge on any atom is -0.465 e. The van der Waals surface area contributed by atoms with Crippen LogP contribution in [0.5, 0.6) is 0 Å². The van der Waals surface area contributed by atoms with Crippen LogP contribution in [-0.4, -0.2) is 29.3 Å². The largest absolute Gasteiger partial charge is 0.465 e. The first-order chi connectivity index (χ1) is 7.18. The van der Waals surface area contributed by atoms with Gasteiger partial charge in [-0.15, -0.1) is 0 Å². The minimum absolute atomic E-state index is 0.225. The van der Waals surface area contributed by atoms with Gasteiger partial charge in [-0.2, -0.15) is 0 Å². The third-order valence-corrected chi connectivity index (χ3v) is 1.90. The van der Waals surface area contributed by atoms with Crippen LogP contribution in [0.25, 0.3) is 0 Å². The smallest absolute Gasteiger partial charge is 0.404 e. The SMILES string of the molecule is CC(CNC(=O)O)CNc1ccccn1. The van der Waals surface area contributed by atoms with E-state index in [9.17, 15) is 4.79 Å². The van der Waals surface area contributed by atoms with E-state index in [1.807, 2.05) is 25.1 Å². The number of carbonyl (C=O) groups is 1. The quantitative estimate of drug-likeness (QED) is 0.685. The van der Waals surface area contributed by atoms with Crippen molar-refractivity contribution in [3.63, 3.8) is 0 Å². The van der Waals surface area contributed by atoms with Crippen molar-refractivity contribution in [2.45, 2.75) is 6.92 Å². The molecule has 1 atom stereocenters. The second-order valence-corrected chi connectivity index (χ2v) is 3.39. The molecule has 1 aromatic rings. The fourth-order valence-electron chi connectivity index (χ4n) is 1.08. The van der Waals surface area contributed by atoms with E-state index >= 15 is 0 Å².